The number of methoxy groups -OCH3 is 1. The van der Waals surface area contributed by atoms with Gasteiger partial charge in [-0.05, 0) is 56.6 Å². The Balaban J connectivity index is 1.43. The molecule has 0 spiro atoms. The van der Waals surface area contributed by atoms with Crippen LogP contribution in [0.4, 0.5) is 13.9 Å². The monoisotopic (exact) mass is 563 g/mol. The van der Waals surface area contributed by atoms with E-state index < -0.39 is 6.43 Å². The van der Waals surface area contributed by atoms with E-state index in [0.717, 1.165) is 57.1 Å². The third-order valence-corrected chi connectivity index (χ3v) is 8.60. The van der Waals surface area contributed by atoms with Crippen molar-refractivity contribution in [1.82, 2.24) is 20.2 Å². The van der Waals surface area contributed by atoms with Crippen LogP contribution < -0.4 is 9.64 Å². The summed E-state index contributed by atoms with van der Waals surface area (Å²) in [6.45, 7) is 0. The van der Waals surface area contributed by atoms with Crippen molar-refractivity contribution in [3.63, 3.8) is 0 Å². The Morgan fingerprint density at radius 1 is 1.00 bits per heavy atom. The van der Waals surface area contributed by atoms with E-state index in [-0.39, 0.29) is 23.6 Å². The van der Waals surface area contributed by atoms with Crippen LogP contribution in [-0.4, -0.2) is 39.2 Å². The highest BCUT2D eigenvalue weighted by atomic mass is 32.1. The fourth-order valence-electron chi connectivity index (χ4n) is 5.24. The second kappa shape index (κ2) is 11.6. The first kappa shape index (κ1) is 26.8. The van der Waals surface area contributed by atoms with Crippen molar-refractivity contribution >= 4 is 22.4 Å². The molecule has 40 heavy (non-hydrogen) atoms. The van der Waals surface area contributed by atoms with Gasteiger partial charge in [0.05, 0.1) is 18.9 Å². The number of aromatic nitrogens is 4. The summed E-state index contributed by atoms with van der Waals surface area (Å²) in [6, 6.07) is 3.22. The number of amides is 1. The van der Waals surface area contributed by atoms with Gasteiger partial charge in [-0.1, -0.05) is 42.9 Å². The number of rotatable bonds is 7. The number of anilines is 1. The lowest BCUT2D eigenvalue weighted by Crippen LogP contribution is -2.33. The minimum absolute atomic E-state index is 0.00460. The molecule has 0 bridgehead atoms. The third kappa shape index (κ3) is 5.85. The van der Waals surface area contributed by atoms with E-state index in [4.69, 9.17) is 9.72 Å². The van der Waals surface area contributed by atoms with Gasteiger partial charge in [0.1, 0.15) is 11.4 Å². The van der Waals surface area contributed by atoms with E-state index in [1.54, 1.807) is 11.1 Å². The van der Waals surface area contributed by atoms with E-state index in [9.17, 15) is 13.6 Å². The minimum atomic E-state index is -2.76. The average molecular weight is 564 g/mol. The van der Waals surface area contributed by atoms with Crippen molar-refractivity contribution in [2.24, 2.45) is 5.92 Å². The van der Waals surface area contributed by atoms with Gasteiger partial charge in [0.2, 0.25) is 5.13 Å². The molecule has 3 aromatic heterocycles. The molecule has 0 saturated heterocycles. The maximum atomic E-state index is 14.3. The highest BCUT2D eigenvalue weighted by molar-refractivity contribution is 7.16. The zero-order valence-electron chi connectivity index (χ0n) is 22.4. The predicted octanol–water partition coefficient (Wildman–Crippen LogP) is 6.95. The molecule has 3 aliphatic rings. The molecule has 1 amide bonds. The van der Waals surface area contributed by atoms with Gasteiger partial charge in [0.25, 0.3) is 12.3 Å². The highest BCUT2D eigenvalue weighted by Gasteiger charge is 2.38. The Hall–Kier alpha value is -3.45. The molecule has 6 rings (SSSR count). The third-order valence-electron chi connectivity index (χ3n) is 7.76. The zero-order chi connectivity index (χ0) is 27.6. The molecule has 3 aliphatic carbocycles. The van der Waals surface area contributed by atoms with Gasteiger partial charge in [-0.2, -0.15) is 0 Å². The van der Waals surface area contributed by atoms with Crippen LogP contribution in [0, 0.1) is 17.8 Å². The molecule has 0 radical (unpaired) electrons. The van der Waals surface area contributed by atoms with Gasteiger partial charge in [-0.25, -0.2) is 8.78 Å². The summed E-state index contributed by atoms with van der Waals surface area (Å²) in [5.41, 5.74) is 1.73. The van der Waals surface area contributed by atoms with E-state index in [1.165, 1.54) is 43.6 Å². The topological polar surface area (TPSA) is 81.1 Å². The average Bonchev–Trinajstić information content (AvgIpc) is 3.89. The van der Waals surface area contributed by atoms with Crippen molar-refractivity contribution in [2.45, 2.75) is 82.6 Å². The maximum Gasteiger partial charge on any atom is 0.280 e. The largest absolute Gasteiger partial charge is 0.494 e. The molecule has 3 fully saturated rings. The van der Waals surface area contributed by atoms with Gasteiger partial charge >= 0.3 is 0 Å². The summed E-state index contributed by atoms with van der Waals surface area (Å²) in [5, 5.41) is 9.60. The van der Waals surface area contributed by atoms with Crippen LogP contribution >= 0.6 is 11.3 Å². The van der Waals surface area contributed by atoms with Crippen LogP contribution in [-0.2, 0) is 0 Å². The number of ether oxygens (including phenoxy) is 1. The van der Waals surface area contributed by atoms with Crippen molar-refractivity contribution in [1.29, 1.82) is 0 Å². The molecule has 3 heterocycles. The van der Waals surface area contributed by atoms with Gasteiger partial charge < -0.3 is 4.74 Å². The lowest BCUT2D eigenvalue weighted by atomic mass is 9.91. The molecule has 0 aliphatic heterocycles. The number of hydrogen-bond acceptors (Lipinski definition) is 7. The second-order valence-corrected chi connectivity index (χ2v) is 11.7. The summed E-state index contributed by atoms with van der Waals surface area (Å²) >= 11 is 1.30. The number of alkyl halides is 2. The molecule has 208 valence electrons. The van der Waals surface area contributed by atoms with E-state index in [1.807, 2.05) is 6.07 Å². The normalized spacial score (nSPS) is 17.7. The molecule has 0 unspecified atom stereocenters. The Labute approximate surface area is 236 Å². The summed E-state index contributed by atoms with van der Waals surface area (Å²) in [7, 11) is 1.47. The number of hydrogen-bond donors (Lipinski definition) is 0. The number of carbonyl (C=O) groups excluding carboxylic acids is 1. The minimum Gasteiger partial charge on any atom is -0.494 e. The summed E-state index contributed by atoms with van der Waals surface area (Å²) in [6.07, 6.45) is 10.7. The SMILES string of the molecule is COc1cnc(C(F)F)cc1-c1cc(C2CCCCCC2)ncc1C(=O)N(c1nnc(C#CC2CC2)s1)C1CC1. The fraction of sp³-hybridized carbons (Fsp3) is 0.500. The molecular weight excluding hydrogens is 532 g/mol. The standard InChI is InChI=1S/C30H31F2N5O2S/c1-39-26-17-34-25(28(31)32)15-22(26)21-14-24(19-6-4-2-3-5-7-19)33-16-23(21)29(38)37(20-11-12-20)30-36-35-27(40-30)13-10-18-8-9-18/h14-20,28H,2-9,11-12H2,1H3. The Kier molecular flexibility index (Phi) is 7.74. The molecule has 7 nitrogen and oxygen atoms in total. The summed E-state index contributed by atoms with van der Waals surface area (Å²) in [5.74, 6) is 7.01. The van der Waals surface area contributed by atoms with Crippen molar-refractivity contribution < 1.29 is 18.3 Å². The van der Waals surface area contributed by atoms with E-state index >= 15 is 0 Å². The fourth-order valence-corrected chi connectivity index (χ4v) is 6.02. The van der Waals surface area contributed by atoms with Crippen LogP contribution in [0.3, 0.4) is 0 Å². The van der Waals surface area contributed by atoms with Gasteiger partial charge in [-0.3, -0.25) is 19.7 Å². The first-order chi connectivity index (χ1) is 19.5. The van der Waals surface area contributed by atoms with E-state index in [2.05, 4.69) is 27.0 Å². The molecule has 0 atom stereocenters. The van der Waals surface area contributed by atoms with Gasteiger partial charge in [0.15, 0.2) is 5.01 Å². The van der Waals surface area contributed by atoms with Crippen molar-refractivity contribution in [3.8, 4) is 28.7 Å². The molecule has 0 aromatic carbocycles. The number of nitrogens with zero attached hydrogens (tertiary/aromatic N) is 5. The summed E-state index contributed by atoms with van der Waals surface area (Å²) < 4.78 is 33.0. The first-order valence-corrected chi connectivity index (χ1v) is 14.8. The second-order valence-electron chi connectivity index (χ2n) is 10.8. The van der Waals surface area contributed by atoms with Crippen LogP contribution in [0.15, 0.2) is 24.5 Å². The van der Waals surface area contributed by atoms with Crippen LogP contribution in [0.25, 0.3) is 11.1 Å². The number of pyridine rings is 2. The predicted molar refractivity (Wildman–Crippen MR) is 149 cm³/mol. The van der Waals surface area contributed by atoms with Crippen LogP contribution in [0.1, 0.15) is 103 Å². The Bertz CT molecular complexity index is 1450. The van der Waals surface area contributed by atoms with Crippen molar-refractivity contribution in [2.75, 3.05) is 12.0 Å². The van der Waals surface area contributed by atoms with Gasteiger partial charge in [-0.15, -0.1) is 10.2 Å². The lowest BCUT2D eigenvalue weighted by molar-refractivity contribution is 0.0985. The van der Waals surface area contributed by atoms with E-state index in [0.29, 0.717) is 38.5 Å². The molecule has 3 aromatic rings. The van der Waals surface area contributed by atoms with Gasteiger partial charge in [0, 0.05) is 40.9 Å². The molecular formula is C30H31F2N5O2S. The molecule has 0 N–H and O–H groups in total. The van der Waals surface area contributed by atoms with Crippen molar-refractivity contribution in [3.05, 3.63) is 46.5 Å². The lowest BCUT2D eigenvalue weighted by Gasteiger charge is -2.22. The smallest absolute Gasteiger partial charge is 0.280 e. The zero-order valence-corrected chi connectivity index (χ0v) is 23.2. The Morgan fingerprint density at radius 3 is 2.45 bits per heavy atom. The Morgan fingerprint density at radius 2 is 1.77 bits per heavy atom. The quantitative estimate of drug-likeness (QED) is 0.229. The molecule has 10 heteroatoms. The summed E-state index contributed by atoms with van der Waals surface area (Å²) in [4.78, 5) is 24.6. The van der Waals surface area contributed by atoms with Crippen LogP contribution in [0.2, 0.25) is 0 Å². The number of carbonyl (C=O) groups is 1. The number of halogens is 2. The maximum absolute atomic E-state index is 14.3. The van der Waals surface area contributed by atoms with Crippen LogP contribution in [0.5, 0.6) is 5.75 Å². The first-order valence-electron chi connectivity index (χ1n) is 14.0. The molecule has 3 saturated carbocycles. The highest BCUT2D eigenvalue weighted by Crippen LogP contribution is 2.41.